The maximum Gasteiger partial charge on any atom is 0.288 e. The Morgan fingerprint density at radius 3 is 2.45 bits per heavy atom. The van der Waals surface area contributed by atoms with Crippen molar-refractivity contribution < 1.29 is 27.5 Å². The van der Waals surface area contributed by atoms with Gasteiger partial charge in [0.25, 0.3) is 18.1 Å². The van der Waals surface area contributed by atoms with Gasteiger partial charge in [0, 0.05) is 11.4 Å². The van der Waals surface area contributed by atoms with Crippen molar-refractivity contribution >= 4 is 17.7 Å². The summed E-state index contributed by atoms with van der Waals surface area (Å²) < 4.78 is 49.6. The Balaban J connectivity index is 2.98. The summed E-state index contributed by atoms with van der Waals surface area (Å²) in [5.74, 6) is -3.52. The molecule has 0 aliphatic heterocycles. The van der Waals surface area contributed by atoms with Gasteiger partial charge in [-0.05, 0) is 12.1 Å². The number of benzene rings is 1. The summed E-state index contributed by atoms with van der Waals surface area (Å²) in [5.41, 5.74) is -0.0769. The summed E-state index contributed by atoms with van der Waals surface area (Å²) in [7, 11) is 0. The summed E-state index contributed by atoms with van der Waals surface area (Å²) in [5, 5.41) is 8.80. The Hall–Kier alpha value is -1.28. The summed E-state index contributed by atoms with van der Waals surface area (Å²) in [6, 6.07) is 5.56. The van der Waals surface area contributed by atoms with Gasteiger partial charge in [-0.3, -0.25) is 4.79 Å². The van der Waals surface area contributed by atoms with Crippen molar-refractivity contribution in [3.05, 3.63) is 29.8 Å². The molecule has 0 bridgehead atoms. The molecule has 1 N–H and O–H groups in total. The lowest BCUT2D eigenvalue weighted by molar-refractivity contribution is 0.0506. The van der Waals surface area contributed by atoms with Crippen molar-refractivity contribution in [1.29, 1.82) is 0 Å². The lowest BCUT2D eigenvalue weighted by Gasteiger charge is -2.22. The van der Waals surface area contributed by atoms with Crippen LogP contribution in [0.1, 0.15) is 10.4 Å². The minimum absolute atomic E-state index is 0.0182. The number of aliphatic hydroxyl groups is 1. The van der Waals surface area contributed by atoms with Crippen LogP contribution in [-0.4, -0.2) is 47.8 Å². The van der Waals surface area contributed by atoms with E-state index in [1.807, 2.05) is 0 Å². The van der Waals surface area contributed by atoms with Crippen molar-refractivity contribution in [3.63, 3.8) is 0 Å². The molecule has 0 spiro atoms. The van der Waals surface area contributed by atoms with Crippen LogP contribution in [0.25, 0.3) is 0 Å². The number of nitrogens with zero attached hydrogens (tertiary/aromatic N) is 1. The highest BCUT2D eigenvalue weighted by molar-refractivity contribution is 7.99. The first-order valence-electron chi connectivity index (χ1n) is 5.67. The normalized spacial score (nSPS) is 11.2. The Bertz CT molecular complexity index is 445. The number of aliphatic hydroxyl groups excluding tert-OH is 1. The van der Waals surface area contributed by atoms with Gasteiger partial charge in [0.2, 0.25) is 0 Å². The van der Waals surface area contributed by atoms with Gasteiger partial charge in [-0.1, -0.05) is 23.9 Å². The number of thioether (sulfide) groups is 1. The maximum absolute atomic E-state index is 12.4. The topological polar surface area (TPSA) is 40.5 Å². The molecule has 0 heterocycles. The molecule has 3 nitrogen and oxygen atoms in total. The third-order valence-corrected chi connectivity index (χ3v) is 3.14. The van der Waals surface area contributed by atoms with Gasteiger partial charge in [0.15, 0.2) is 0 Å². The van der Waals surface area contributed by atoms with Crippen LogP contribution >= 0.6 is 11.8 Å². The molecule has 20 heavy (non-hydrogen) atoms. The average Bonchev–Trinajstić information content (AvgIpc) is 2.37. The van der Waals surface area contributed by atoms with Crippen LogP contribution < -0.4 is 0 Å². The van der Waals surface area contributed by atoms with Crippen LogP contribution in [0.2, 0.25) is 0 Å². The van der Waals surface area contributed by atoms with Crippen LogP contribution in [0, 0.1) is 0 Å². The molecule has 0 unspecified atom stereocenters. The van der Waals surface area contributed by atoms with Gasteiger partial charge in [-0.15, -0.1) is 0 Å². The first kappa shape index (κ1) is 16.8. The molecular weight excluding hydrogens is 298 g/mol. The number of carbonyl (C=O) groups is 1. The molecular formula is C12H13F4NO2S. The van der Waals surface area contributed by atoms with E-state index in [0.717, 1.165) is 4.90 Å². The fourth-order valence-corrected chi connectivity index (χ4v) is 2.21. The molecule has 1 aromatic rings. The molecule has 1 rings (SSSR count). The summed E-state index contributed by atoms with van der Waals surface area (Å²) in [6.45, 7) is -1.62. The third kappa shape index (κ3) is 5.01. The predicted octanol–water partition coefficient (Wildman–Crippen LogP) is 2.70. The highest BCUT2D eigenvalue weighted by atomic mass is 32.2. The van der Waals surface area contributed by atoms with Crippen molar-refractivity contribution in [3.8, 4) is 0 Å². The number of carbonyl (C=O) groups excluding carboxylic acids is 1. The van der Waals surface area contributed by atoms with E-state index in [-0.39, 0.29) is 28.8 Å². The molecule has 1 aromatic carbocycles. The zero-order valence-electron chi connectivity index (χ0n) is 10.3. The highest BCUT2D eigenvalue weighted by Gasteiger charge is 2.22. The minimum atomic E-state index is -2.76. The summed E-state index contributed by atoms with van der Waals surface area (Å²) in [6.07, 6.45) is -2.76. The Labute approximate surface area is 117 Å². The monoisotopic (exact) mass is 311 g/mol. The van der Waals surface area contributed by atoms with Gasteiger partial charge in [-0.2, -0.15) is 8.78 Å². The molecule has 0 aliphatic carbocycles. The van der Waals surface area contributed by atoms with E-state index in [1.54, 1.807) is 0 Å². The van der Waals surface area contributed by atoms with Gasteiger partial charge in [0.05, 0.1) is 18.7 Å². The molecule has 1 amide bonds. The summed E-state index contributed by atoms with van der Waals surface area (Å²) in [4.78, 5) is 12.9. The fourth-order valence-electron chi connectivity index (χ4n) is 1.58. The standard InChI is InChI=1S/C12H13F4NO2S/c13-10(14)7-17(5-6-18)11(19)8-3-1-2-4-9(8)20-12(15)16/h1-4,10,12,18H,5-7H2. The Kier molecular flexibility index (Phi) is 6.80. The van der Waals surface area contributed by atoms with E-state index < -0.39 is 31.2 Å². The van der Waals surface area contributed by atoms with Crippen molar-refractivity contribution in [2.75, 3.05) is 19.7 Å². The van der Waals surface area contributed by atoms with Crippen LogP contribution in [0.3, 0.4) is 0 Å². The maximum atomic E-state index is 12.4. The minimum Gasteiger partial charge on any atom is -0.395 e. The molecule has 0 fully saturated rings. The predicted molar refractivity (Wildman–Crippen MR) is 67.3 cm³/mol. The van der Waals surface area contributed by atoms with Gasteiger partial charge in [-0.25, -0.2) is 8.78 Å². The second kappa shape index (κ2) is 8.11. The van der Waals surface area contributed by atoms with Crippen molar-refractivity contribution in [2.45, 2.75) is 17.1 Å². The zero-order valence-corrected chi connectivity index (χ0v) is 11.1. The number of hydrogen-bond acceptors (Lipinski definition) is 3. The molecule has 8 heteroatoms. The molecule has 112 valence electrons. The van der Waals surface area contributed by atoms with Crippen LogP contribution in [0.5, 0.6) is 0 Å². The second-order valence-corrected chi connectivity index (χ2v) is 4.77. The number of alkyl halides is 4. The molecule has 0 radical (unpaired) electrons. The third-order valence-electron chi connectivity index (χ3n) is 2.35. The second-order valence-electron chi connectivity index (χ2n) is 3.74. The smallest absolute Gasteiger partial charge is 0.288 e. The first-order valence-corrected chi connectivity index (χ1v) is 6.55. The summed E-state index contributed by atoms with van der Waals surface area (Å²) >= 11 is 0.177. The SMILES string of the molecule is O=C(c1ccccc1SC(F)F)N(CCO)CC(F)F. The molecule has 0 aromatic heterocycles. The van der Waals surface area contributed by atoms with Gasteiger partial charge in [0.1, 0.15) is 0 Å². The lowest BCUT2D eigenvalue weighted by atomic mass is 10.2. The zero-order chi connectivity index (χ0) is 15.1. The number of amides is 1. The first-order chi connectivity index (χ1) is 9.45. The number of rotatable bonds is 7. The largest absolute Gasteiger partial charge is 0.395 e. The van der Waals surface area contributed by atoms with Gasteiger partial charge < -0.3 is 10.0 Å². The highest BCUT2D eigenvalue weighted by Crippen LogP contribution is 2.29. The van der Waals surface area contributed by atoms with E-state index in [1.165, 1.54) is 24.3 Å². The van der Waals surface area contributed by atoms with Crippen LogP contribution in [0.15, 0.2) is 29.2 Å². The van der Waals surface area contributed by atoms with E-state index in [0.29, 0.717) is 0 Å². The molecule has 0 aliphatic rings. The molecule has 0 saturated heterocycles. The van der Waals surface area contributed by atoms with E-state index in [9.17, 15) is 22.4 Å². The quantitative estimate of drug-likeness (QED) is 0.622. The number of hydrogen-bond donors (Lipinski definition) is 1. The lowest BCUT2D eigenvalue weighted by Crippen LogP contribution is -2.37. The van der Waals surface area contributed by atoms with Crippen LogP contribution in [-0.2, 0) is 0 Å². The molecule has 0 saturated carbocycles. The number of halogens is 4. The van der Waals surface area contributed by atoms with E-state index in [2.05, 4.69) is 0 Å². The van der Waals surface area contributed by atoms with Crippen molar-refractivity contribution in [2.24, 2.45) is 0 Å². The van der Waals surface area contributed by atoms with Gasteiger partial charge >= 0.3 is 0 Å². The van der Waals surface area contributed by atoms with Crippen LogP contribution in [0.4, 0.5) is 17.6 Å². The van der Waals surface area contributed by atoms with Crippen molar-refractivity contribution in [1.82, 2.24) is 4.90 Å². The molecule has 0 atom stereocenters. The van der Waals surface area contributed by atoms with E-state index >= 15 is 0 Å². The average molecular weight is 311 g/mol. The Morgan fingerprint density at radius 2 is 1.90 bits per heavy atom. The fraction of sp³-hybridized carbons (Fsp3) is 0.417. The van der Waals surface area contributed by atoms with E-state index in [4.69, 9.17) is 5.11 Å². The Morgan fingerprint density at radius 1 is 1.25 bits per heavy atom.